The third-order valence-electron chi connectivity index (χ3n) is 9.18. The lowest BCUT2D eigenvalue weighted by molar-refractivity contribution is -0.371. The first kappa shape index (κ1) is 50.7. The van der Waals surface area contributed by atoms with E-state index in [1.165, 1.54) is 19.1 Å². The van der Waals surface area contributed by atoms with E-state index in [9.17, 15) is 44.4 Å². The zero-order valence-electron chi connectivity index (χ0n) is 34.3. The van der Waals surface area contributed by atoms with Crippen LogP contribution in [0.25, 0.3) is 0 Å². The second-order valence-corrected chi connectivity index (χ2v) is 14.1. The van der Waals surface area contributed by atoms with Gasteiger partial charge in [0, 0.05) is 32.4 Å². The summed E-state index contributed by atoms with van der Waals surface area (Å²) in [4.78, 5) is 58.9. The van der Waals surface area contributed by atoms with E-state index in [0.29, 0.717) is 45.3 Å². The highest BCUT2D eigenvalue weighted by Gasteiger charge is 2.53. The quantitative estimate of drug-likeness (QED) is 0.0422. The van der Waals surface area contributed by atoms with Crippen molar-refractivity contribution in [3.8, 4) is 0 Å². The van der Waals surface area contributed by atoms with Crippen molar-refractivity contribution in [1.82, 2.24) is 0 Å². The molecule has 0 bridgehead atoms. The Labute approximate surface area is 340 Å². The molecule has 18 heteroatoms. The third kappa shape index (κ3) is 19.1. The van der Waals surface area contributed by atoms with Crippen LogP contribution in [0.1, 0.15) is 105 Å². The summed E-state index contributed by atoms with van der Waals surface area (Å²) in [5, 5.41) is 44.5. The van der Waals surface area contributed by atoms with Crippen LogP contribution in [0.15, 0.2) is 24.3 Å². The number of unbranched alkanes of at least 4 members (excludes halogenated alkanes) is 7. The zero-order chi connectivity index (χ0) is 43.0. The Bertz CT molecular complexity index is 1300. The predicted octanol–water partition coefficient (Wildman–Crippen LogP) is 2.24. The molecule has 0 spiro atoms. The van der Waals surface area contributed by atoms with Gasteiger partial charge in [0.25, 0.3) is 0 Å². The number of aliphatic hydroxyl groups excluding tert-OH is 4. The van der Waals surface area contributed by atoms with Crippen LogP contribution in [0.4, 0.5) is 0 Å². The van der Waals surface area contributed by atoms with Gasteiger partial charge in [-0.15, -0.1) is 0 Å². The molecule has 332 valence electrons. The van der Waals surface area contributed by atoms with Gasteiger partial charge >= 0.3 is 29.8 Å². The summed E-state index contributed by atoms with van der Waals surface area (Å²) in [6, 6.07) is 0. The van der Waals surface area contributed by atoms with E-state index in [4.69, 9.17) is 42.6 Å². The number of allylic oxidation sites excluding steroid dienone is 2. The van der Waals surface area contributed by atoms with Gasteiger partial charge < -0.3 is 63.1 Å². The molecule has 2 aliphatic rings. The lowest BCUT2D eigenvalue weighted by Crippen LogP contribution is -2.65. The molecule has 58 heavy (non-hydrogen) atoms. The van der Waals surface area contributed by atoms with Gasteiger partial charge in [0.1, 0.15) is 55.9 Å². The van der Waals surface area contributed by atoms with E-state index >= 15 is 0 Å². The average Bonchev–Trinajstić information content (AvgIpc) is 3.16. The van der Waals surface area contributed by atoms with Crippen LogP contribution in [-0.4, -0.2) is 144 Å². The molecule has 2 rings (SSSR count). The lowest BCUT2D eigenvalue weighted by Gasteiger charge is -2.47. The third-order valence-corrected chi connectivity index (χ3v) is 9.18. The standard InChI is InChI=1S/C40H64O18/c1-6-50-30(43)20-16-12-8-9-13-18-22-32(45)57-37-29(24-53-27(5)42)56-39(36(49)35(37)48)58-38-34(47)33(46)28(23-52-26(4)41)55-40(38)54-25(3)19-15-11-10-14-17-21-31(44)51-7-2/h16-17,20-21,25,28-29,33-40,46-49H,6-15,18-19,22-24H2,1-5H3/b20-16+,21-17+. The maximum absolute atomic E-state index is 12.8. The van der Waals surface area contributed by atoms with Crippen molar-refractivity contribution in [1.29, 1.82) is 0 Å². The van der Waals surface area contributed by atoms with Crippen molar-refractivity contribution in [3.63, 3.8) is 0 Å². The zero-order valence-corrected chi connectivity index (χ0v) is 34.3. The summed E-state index contributed by atoms with van der Waals surface area (Å²) < 4.78 is 49.3. The van der Waals surface area contributed by atoms with E-state index in [0.717, 1.165) is 39.0 Å². The number of carbonyl (C=O) groups is 5. The number of esters is 5. The first-order chi connectivity index (χ1) is 27.7. The topological polar surface area (TPSA) is 249 Å². The fourth-order valence-corrected chi connectivity index (χ4v) is 6.15. The van der Waals surface area contributed by atoms with E-state index in [2.05, 4.69) is 0 Å². The minimum atomic E-state index is -1.87. The van der Waals surface area contributed by atoms with Crippen molar-refractivity contribution in [3.05, 3.63) is 24.3 Å². The highest BCUT2D eigenvalue weighted by Crippen LogP contribution is 2.32. The summed E-state index contributed by atoms with van der Waals surface area (Å²) in [5.74, 6) is -2.84. The average molecular weight is 833 g/mol. The first-order valence-corrected chi connectivity index (χ1v) is 20.1. The second-order valence-electron chi connectivity index (χ2n) is 14.1. The molecule has 0 saturated carbocycles. The fourth-order valence-electron chi connectivity index (χ4n) is 6.15. The molecule has 18 nitrogen and oxygen atoms in total. The predicted molar refractivity (Wildman–Crippen MR) is 202 cm³/mol. The summed E-state index contributed by atoms with van der Waals surface area (Å²) >= 11 is 0. The largest absolute Gasteiger partial charge is 0.463 e. The van der Waals surface area contributed by atoms with Gasteiger partial charge in [-0.2, -0.15) is 0 Å². The minimum absolute atomic E-state index is 0.0140. The molecule has 2 aliphatic heterocycles. The highest BCUT2D eigenvalue weighted by molar-refractivity contribution is 5.82. The number of hydrogen-bond donors (Lipinski definition) is 4. The Morgan fingerprint density at radius 1 is 0.621 bits per heavy atom. The van der Waals surface area contributed by atoms with Crippen LogP contribution in [-0.2, 0) is 66.6 Å². The van der Waals surface area contributed by atoms with Crippen LogP contribution < -0.4 is 0 Å². The fraction of sp³-hybridized carbons (Fsp3) is 0.775. The van der Waals surface area contributed by atoms with Crippen molar-refractivity contribution in [2.24, 2.45) is 0 Å². The molecule has 0 aromatic heterocycles. The van der Waals surface area contributed by atoms with Gasteiger partial charge in [-0.05, 0) is 59.3 Å². The minimum Gasteiger partial charge on any atom is -0.463 e. The van der Waals surface area contributed by atoms with Crippen molar-refractivity contribution in [2.75, 3.05) is 26.4 Å². The smallest absolute Gasteiger partial charge is 0.330 e. The number of carbonyl (C=O) groups excluding carboxylic acids is 5. The Kier molecular flexibility index (Phi) is 24.5. The van der Waals surface area contributed by atoms with Gasteiger partial charge in [-0.1, -0.05) is 37.8 Å². The Morgan fingerprint density at radius 3 is 1.71 bits per heavy atom. The SMILES string of the molecule is CCOC(=O)/C=C/CCCCCCC(=O)OC1C(COC(C)=O)OC(OC2C(OC(C)CCCCC/C=C/C(=O)OCC)OC(COC(C)=O)C(O)C2O)C(O)C1O. The molecule has 0 amide bonds. The van der Waals surface area contributed by atoms with E-state index < -0.39 is 111 Å². The molecule has 2 fully saturated rings. The summed E-state index contributed by atoms with van der Waals surface area (Å²) in [6.45, 7) is 7.21. The molecule has 0 aromatic carbocycles. The molecule has 0 aliphatic carbocycles. The highest BCUT2D eigenvalue weighted by atomic mass is 16.8. The number of hydrogen-bond acceptors (Lipinski definition) is 18. The number of aliphatic hydroxyl groups is 4. The second kappa shape index (κ2) is 28.1. The van der Waals surface area contributed by atoms with Gasteiger partial charge in [0.15, 0.2) is 18.7 Å². The Morgan fingerprint density at radius 2 is 1.14 bits per heavy atom. The lowest BCUT2D eigenvalue weighted by atomic mass is 9.97. The van der Waals surface area contributed by atoms with Crippen LogP contribution in [0.5, 0.6) is 0 Å². The van der Waals surface area contributed by atoms with Gasteiger partial charge in [0.05, 0.1) is 19.3 Å². The molecular formula is C40H64O18. The van der Waals surface area contributed by atoms with Crippen LogP contribution in [0.2, 0.25) is 0 Å². The molecule has 0 radical (unpaired) electrons. The maximum Gasteiger partial charge on any atom is 0.330 e. The van der Waals surface area contributed by atoms with Crippen LogP contribution >= 0.6 is 0 Å². The monoisotopic (exact) mass is 832 g/mol. The van der Waals surface area contributed by atoms with E-state index in [1.807, 2.05) is 0 Å². The molecule has 2 heterocycles. The summed E-state index contributed by atoms with van der Waals surface area (Å²) in [7, 11) is 0. The normalized spacial score (nSPS) is 27.9. The maximum atomic E-state index is 12.8. The number of ether oxygens (including phenoxy) is 9. The summed E-state index contributed by atoms with van der Waals surface area (Å²) in [6.07, 6.45) is -3.10. The Balaban J connectivity index is 2.07. The van der Waals surface area contributed by atoms with Crippen LogP contribution in [0, 0.1) is 0 Å². The Hall–Kier alpha value is -3.49. The van der Waals surface area contributed by atoms with Gasteiger partial charge in [0.2, 0.25) is 0 Å². The molecular weight excluding hydrogens is 768 g/mol. The van der Waals surface area contributed by atoms with E-state index in [-0.39, 0.29) is 6.42 Å². The molecule has 11 atom stereocenters. The van der Waals surface area contributed by atoms with Crippen molar-refractivity contribution < 1.29 is 87.0 Å². The van der Waals surface area contributed by atoms with Crippen molar-refractivity contribution >= 4 is 29.8 Å². The molecule has 4 N–H and O–H groups in total. The molecule has 11 unspecified atom stereocenters. The molecule has 0 aromatic rings. The van der Waals surface area contributed by atoms with E-state index in [1.54, 1.807) is 32.9 Å². The van der Waals surface area contributed by atoms with Gasteiger partial charge in [-0.3, -0.25) is 14.4 Å². The summed E-state index contributed by atoms with van der Waals surface area (Å²) in [5.41, 5.74) is 0. The first-order valence-electron chi connectivity index (χ1n) is 20.1. The van der Waals surface area contributed by atoms with Crippen LogP contribution in [0.3, 0.4) is 0 Å². The molecule has 2 saturated heterocycles. The van der Waals surface area contributed by atoms with Gasteiger partial charge in [-0.25, -0.2) is 9.59 Å². The number of rotatable bonds is 26. The van der Waals surface area contributed by atoms with Crippen molar-refractivity contribution in [2.45, 2.75) is 173 Å².